The van der Waals surface area contributed by atoms with E-state index in [4.69, 9.17) is 0 Å². The Morgan fingerprint density at radius 2 is 1.31 bits per heavy atom. The van der Waals surface area contributed by atoms with E-state index in [-0.39, 0.29) is 10.7 Å². The number of fused-ring (bicyclic) bond motifs is 1. The van der Waals surface area contributed by atoms with Gasteiger partial charge in [-0.3, -0.25) is 4.72 Å². The molecule has 0 aliphatic carbocycles. The maximum Gasteiger partial charge on any atom is 0.263 e. The predicted octanol–water partition coefficient (Wildman–Crippen LogP) is 4.79. The van der Waals surface area contributed by atoms with Crippen LogP contribution in [-0.2, 0) is 10.0 Å². The summed E-state index contributed by atoms with van der Waals surface area (Å²) < 4.78 is 28.4. The fourth-order valence-corrected chi connectivity index (χ4v) is 3.91. The highest BCUT2D eigenvalue weighted by Crippen LogP contribution is 2.28. The Bertz CT molecular complexity index is 1290. The minimum Gasteiger partial charge on any atom is -0.337 e. The van der Waals surface area contributed by atoms with E-state index < -0.39 is 10.0 Å². The number of aryl methyl sites for hydroxylation is 2. The van der Waals surface area contributed by atoms with Gasteiger partial charge < -0.3 is 5.32 Å². The third-order valence-electron chi connectivity index (χ3n) is 4.53. The number of benzene rings is 3. The molecule has 0 saturated heterocycles. The molecule has 4 rings (SSSR count). The number of anilines is 3. The van der Waals surface area contributed by atoms with Gasteiger partial charge in [-0.25, -0.2) is 18.4 Å². The van der Waals surface area contributed by atoms with E-state index >= 15 is 0 Å². The number of sulfonamides is 1. The summed E-state index contributed by atoms with van der Waals surface area (Å²) in [6.07, 6.45) is 0. The number of nitrogens with one attached hydrogen (secondary N) is 2. The van der Waals surface area contributed by atoms with Crippen LogP contribution in [0.25, 0.3) is 11.0 Å². The summed E-state index contributed by atoms with van der Waals surface area (Å²) in [7, 11) is -3.82. The molecule has 3 aromatic carbocycles. The van der Waals surface area contributed by atoms with Crippen LogP contribution in [0, 0.1) is 13.8 Å². The molecule has 2 N–H and O–H groups in total. The Hall–Kier alpha value is -3.45. The van der Waals surface area contributed by atoms with Gasteiger partial charge in [0.25, 0.3) is 10.0 Å². The molecule has 0 fully saturated rings. The van der Waals surface area contributed by atoms with Gasteiger partial charge in [-0.1, -0.05) is 48.0 Å². The normalized spacial score (nSPS) is 11.4. The number of para-hydroxylation sites is 3. The van der Waals surface area contributed by atoms with Crippen molar-refractivity contribution in [3.8, 4) is 0 Å². The summed E-state index contributed by atoms with van der Waals surface area (Å²) in [5.74, 6) is 0.487. The summed E-state index contributed by atoms with van der Waals surface area (Å²) in [5.41, 5.74) is 4.09. The predicted molar refractivity (Wildman–Crippen MR) is 116 cm³/mol. The van der Waals surface area contributed by atoms with Gasteiger partial charge in [0, 0.05) is 5.69 Å². The molecule has 0 radical (unpaired) electrons. The molecule has 0 atom stereocenters. The molecule has 4 aromatic rings. The average Bonchev–Trinajstić information content (AvgIpc) is 2.70. The molecule has 0 amide bonds. The first-order chi connectivity index (χ1) is 13.9. The van der Waals surface area contributed by atoms with Crippen LogP contribution in [0.15, 0.2) is 77.7 Å². The van der Waals surface area contributed by atoms with Gasteiger partial charge in [-0.15, -0.1) is 0 Å². The molecule has 7 heteroatoms. The fourth-order valence-electron chi connectivity index (χ4n) is 2.90. The lowest BCUT2D eigenvalue weighted by molar-refractivity contribution is 0.601. The first-order valence-corrected chi connectivity index (χ1v) is 10.6. The minimum absolute atomic E-state index is 0.146. The molecule has 0 saturated carbocycles. The fraction of sp³-hybridized carbons (Fsp3) is 0.0909. The lowest BCUT2D eigenvalue weighted by Gasteiger charge is -2.15. The maximum absolute atomic E-state index is 12.9. The van der Waals surface area contributed by atoms with Crippen LogP contribution in [-0.4, -0.2) is 18.4 Å². The highest BCUT2D eigenvalue weighted by molar-refractivity contribution is 7.92. The van der Waals surface area contributed by atoms with Crippen molar-refractivity contribution >= 4 is 38.4 Å². The van der Waals surface area contributed by atoms with Crippen molar-refractivity contribution in [2.75, 3.05) is 10.0 Å². The SMILES string of the molecule is Cc1ccc(S(=O)(=O)Nc2nc3ccccc3nc2Nc2ccccc2C)cc1. The van der Waals surface area contributed by atoms with Gasteiger partial charge in [-0.2, -0.15) is 0 Å². The second-order valence-corrected chi connectivity index (χ2v) is 8.45. The van der Waals surface area contributed by atoms with E-state index in [9.17, 15) is 8.42 Å². The summed E-state index contributed by atoms with van der Waals surface area (Å²) in [5, 5.41) is 3.22. The molecule has 1 heterocycles. The van der Waals surface area contributed by atoms with Crippen LogP contribution in [0.5, 0.6) is 0 Å². The highest BCUT2D eigenvalue weighted by Gasteiger charge is 2.19. The van der Waals surface area contributed by atoms with E-state index in [1.54, 1.807) is 30.3 Å². The van der Waals surface area contributed by atoms with Crippen LogP contribution in [0.4, 0.5) is 17.3 Å². The van der Waals surface area contributed by atoms with Crippen molar-refractivity contribution in [3.63, 3.8) is 0 Å². The first-order valence-electron chi connectivity index (χ1n) is 9.11. The van der Waals surface area contributed by atoms with Crippen LogP contribution >= 0.6 is 0 Å². The Labute approximate surface area is 169 Å². The number of aromatic nitrogens is 2. The summed E-state index contributed by atoms with van der Waals surface area (Å²) in [4.78, 5) is 9.28. The van der Waals surface area contributed by atoms with Crippen molar-refractivity contribution in [2.45, 2.75) is 18.7 Å². The Kier molecular flexibility index (Phi) is 4.90. The quantitative estimate of drug-likeness (QED) is 0.500. The number of nitrogens with zero attached hydrogens (tertiary/aromatic N) is 2. The van der Waals surface area contributed by atoms with Gasteiger partial charge in [0.15, 0.2) is 11.6 Å². The molecule has 146 valence electrons. The van der Waals surface area contributed by atoms with E-state index in [2.05, 4.69) is 20.0 Å². The standard InChI is InChI=1S/C22H20N4O2S/c1-15-11-13-17(14-12-15)29(27,28)26-22-21(23-18-8-4-3-7-16(18)2)24-19-9-5-6-10-20(19)25-22/h3-14H,1-2H3,(H,23,24)(H,25,26). The van der Waals surface area contributed by atoms with Gasteiger partial charge in [-0.05, 0) is 49.7 Å². The van der Waals surface area contributed by atoms with Crippen molar-refractivity contribution in [2.24, 2.45) is 0 Å². The van der Waals surface area contributed by atoms with Gasteiger partial charge >= 0.3 is 0 Å². The van der Waals surface area contributed by atoms with E-state index in [1.165, 1.54) is 0 Å². The Balaban J connectivity index is 1.79. The summed E-state index contributed by atoms with van der Waals surface area (Å²) in [6.45, 7) is 3.87. The van der Waals surface area contributed by atoms with Gasteiger partial charge in [0.05, 0.1) is 15.9 Å². The van der Waals surface area contributed by atoms with Gasteiger partial charge in [0.1, 0.15) is 0 Å². The molecule has 0 bridgehead atoms. The highest BCUT2D eigenvalue weighted by atomic mass is 32.2. The monoisotopic (exact) mass is 404 g/mol. The van der Waals surface area contributed by atoms with Crippen LogP contribution in [0.1, 0.15) is 11.1 Å². The van der Waals surface area contributed by atoms with Crippen molar-refractivity contribution in [1.82, 2.24) is 9.97 Å². The molecular formula is C22H20N4O2S. The number of rotatable bonds is 5. The number of hydrogen-bond donors (Lipinski definition) is 2. The zero-order valence-corrected chi connectivity index (χ0v) is 16.9. The van der Waals surface area contributed by atoms with E-state index in [0.717, 1.165) is 16.8 Å². The lowest BCUT2D eigenvalue weighted by atomic mass is 10.2. The number of hydrogen-bond acceptors (Lipinski definition) is 5. The molecule has 29 heavy (non-hydrogen) atoms. The minimum atomic E-state index is -3.82. The van der Waals surface area contributed by atoms with Crippen LogP contribution < -0.4 is 10.0 Å². The molecule has 0 spiro atoms. The Morgan fingerprint density at radius 3 is 1.97 bits per heavy atom. The second kappa shape index (κ2) is 7.52. The largest absolute Gasteiger partial charge is 0.337 e. The average molecular weight is 404 g/mol. The molecule has 1 aromatic heterocycles. The second-order valence-electron chi connectivity index (χ2n) is 6.77. The molecule has 0 aliphatic heterocycles. The topological polar surface area (TPSA) is 84.0 Å². The molecular weight excluding hydrogens is 384 g/mol. The molecule has 0 aliphatic rings. The summed E-state index contributed by atoms with van der Waals surface area (Å²) >= 11 is 0. The zero-order valence-electron chi connectivity index (χ0n) is 16.0. The maximum atomic E-state index is 12.9. The van der Waals surface area contributed by atoms with Crippen molar-refractivity contribution in [1.29, 1.82) is 0 Å². The van der Waals surface area contributed by atoms with Crippen LogP contribution in [0.2, 0.25) is 0 Å². The van der Waals surface area contributed by atoms with Crippen molar-refractivity contribution < 1.29 is 8.42 Å². The third-order valence-corrected chi connectivity index (χ3v) is 5.89. The zero-order chi connectivity index (χ0) is 20.4. The van der Waals surface area contributed by atoms with E-state index in [1.807, 2.05) is 56.3 Å². The van der Waals surface area contributed by atoms with Gasteiger partial charge in [0.2, 0.25) is 0 Å². The third kappa shape index (κ3) is 4.05. The summed E-state index contributed by atoms with van der Waals surface area (Å²) in [6, 6.07) is 21.7. The van der Waals surface area contributed by atoms with Crippen LogP contribution in [0.3, 0.4) is 0 Å². The smallest absolute Gasteiger partial charge is 0.263 e. The Morgan fingerprint density at radius 1 is 0.724 bits per heavy atom. The molecule has 6 nitrogen and oxygen atoms in total. The first kappa shape index (κ1) is 18.9. The van der Waals surface area contributed by atoms with Crippen molar-refractivity contribution in [3.05, 3.63) is 83.9 Å². The lowest BCUT2D eigenvalue weighted by Crippen LogP contribution is -2.16. The molecule has 0 unspecified atom stereocenters. The van der Waals surface area contributed by atoms with E-state index in [0.29, 0.717) is 16.9 Å².